The minimum Gasteiger partial charge on any atom is -0.497 e. The van der Waals surface area contributed by atoms with Crippen molar-refractivity contribution in [2.24, 2.45) is 0 Å². The first-order valence-corrected chi connectivity index (χ1v) is 8.27. The molecule has 0 saturated heterocycles. The monoisotopic (exact) mass is 344 g/mol. The van der Waals surface area contributed by atoms with E-state index in [-0.39, 0.29) is 11.6 Å². The second kappa shape index (κ2) is 9.46. The highest BCUT2D eigenvalue weighted by Crippen LogP contribution is 2.29. The number of carbonyl (C=O) groups excluding carboxylic acids is 1. The second-order valence-corrected chi connectivity index (χ2v) is 5.44. The summed E-state index contributed by atoms with van der Waals surface area (Å²) < 4.78 is 10.4. The van der Waals surface area contributed by atoms with E-state index in [9.17, 15) is 4.79 Å². The first kappa shape index (κ1) is 18.5. The number of hydrogen-bond donors (Lipinski definition) is 2. The first-order chi connectivity index (χ1) is 12.2. The summed E-state index contributed by atoms with van der Waals surface area (Å²) in [4.78, 5) is 20.7. The molecule has 1 amide bonds. The fourth-order valence-corrected chi connectivity index (χ4v) is 2.22. The first-order valence-electron chi connectivity index (χ1n) is 8.27. The molecule has 0 spiro atoms. The number of methoxy groups -OCH3 is 2. The number of benzene rings is 1. The van der Waals surface area contributed by atoms with Crippen molar-refractivity contribution < 1.29 is 14.3 Å². The number of hydrogen-bond acceptors (Lipinski definition) is 6. The van der Waals surface area contributed by atoms with Gasteiger partial charge in [-0.05, 0) is 18.6 Å². The van der Waals surface area contributed by atoms with Crippen LogP contribution in [0.2, 0.25) is 0 Å². The van der Waals surface area contributed by atoms with Crippen molar-refractivity contribution in [3.05, 3.63) is 36.3 Å². The third-order valence-electron chi connectivity index (χ3n) is 3.63. The maximum atomic E-state index is 12.3. The number of aromatic nitrogens is 2. The Balaban J connectivity index is 1.99. The van der Waals surface area contributed by atoms with Crippen LogP contribution in [0.25, 0.3) is 0 Å². The van der Waals surface area contributed by atoms with E-state index in [1.54, 1.807) is 31.5 Å². The summed E-state index contributed by atoms with van der Waals surface area (Å²) >= 11 is 0. The van der Waals surface area contributed by atoms with Crippen LogP contribution in [0.1, 0.15) is 36.7 Å². The number of amides is 1. The molecule has 0 aliphatic carbocycles. The fraction of sp³-hybridized carbons (Fsp3) is 0.389. The van der Waals surface area contributed by atoms with Crippen LogP contribution in [-0.2, 0) is 0 Å². The van der Waals surface area contributed by atoms with Gasteiger partial charge in [-0.1, -0.05) is 19.8 Å². The lowest BCUT2D eigenvalue weighted by molar-refractivity contribution is 0.102. The molecule has 2 aromatic rings. The van der Waals surface area contributed by atoms with E-state index in [2.05, 4.69) is 27.5 Å². The van der Waals surface area contributed by atoms with Crippen molar-refractivity contribution in [3.8, 4) is 11.5 Å². The molecule has 0 atom stereocenters. The van der Waals surface area contributed by atoms with Gasteiger partial charge in [0.05, 0.1) is 32.3 Å². The zero-order valence-corrected chi connectivity index (χ0v) is 14.8. The lowest BCUT2D eigenvalue weighted by Gasteiger charge is -2.11. The van der Waals surface area contributed by atoms with E-state index >= 15 is 0 Å². The van der Waals surface area contributed by atoms with Crippen molar-refractivity contribution >= 4 is 17.4 Å². The predicted molar refractivity (Wildman–Crippen MR) is 97.5 cm³/mol. The van der Waals surface area contributed by atoms with Gasteiger partial charge in [-0.25, -0.2) is 9.97 Å². The molecule has 2 rings (SSSR count). The number of unbranched alkanes of at least 4 members (excludes halogenated alkanes) is 2. The Bertz CT molecular complexity index is 689. The van der Waals surface area contributed by atoms with Gasteiger partial charge in [0, 0.05) is 12.6 Å². The maximum Gasteiger partial charge on any atom is 0.275 e. The molecule has 7 heteroatoms. The Morgan fingerprint density at radius 1 is 1.12 bits per heavy atom. The highest BCUT2D eigenvalue weighted by atomic mass is 16.5. The Morgan fingerprint density at radius 3 is 2.60 bits per heavy atom. The van der Waals surface area contributed by atoms with Gasteiger partial charge in [0.1, 0.15) is 23.0 Å². The fourth-order valence-electron chi connectivity index (χ4n) is 2.22. The summed E-state index contributed by atoms with van der Waals surface area (Å²) in [6.45, 7) is 3.00. The summed E-state index contributed by atoms with van der Waals surface area (Å²) in [6, 6.07) is 5.16. The van der Waals surface area contributed by atoms with Crippen LogP contribution in [0.5, 0.6) is 11.5 Å². The molecule has 0 saturated carbocycles. The predicted octanol–water partition coefficient (Wildman–Crippen LogP) is 3.35. The van der Waals surface area contributed by atoms with Crippen LogP contribution in [0, 0.1) is 0 Å². The smallest absolute Gasteiger partial charge is 0.275 e. The van der Waals surface area contributed by atoms with E-state index in [4.69, 9.17) is 9.47 Å². The minimum absolute atomic E-state index is 0.233. The van der Waals surface area contributed by atoms with Gasteiger partial charge in [0.2, 0.25) is 0 Å². The quantitative estimate of drug-likeness (QED) is 0.679. The van der Waals surface area contributed by atoms with Gasteiger partial charge >= 0.3 is 0 Å². The molecule has 0 fully saturated rings. The minimum atomic E-state index is -0.353. The van der Waals surface area contributed by atoms with E-state index in [1.807, 2.05) is 0 Å². The molecule has 25 heavy (non-hydrogen) atoms. The molecule has 1 aromatic heterocycles. The maximum absolute atomic E-state index is 12.3. The van der Waals surface area contributed by atoms with Gasteiger partial charge in [-0.15, -0.1) is 0 Å². The third kappa shape index (κ3) is 5.34. The van der Waals surface area contributed by atoms with Crippen molar-refractivity contribution in [1.29, 1.82) is 0 Å². The normalized spacial score (nSPS) is 10.2. The highest BCUT2D eigenvalue weighted by Gasteiger charge is 2.12. The number of nitrogens with zero attached hydrogens (tertiary/aromatic N) is 2. The number of nitrogens with one attached hydrogen (secondary N) is 2. The summed E-state index contributed by atoms with van der Waals surface area (Å²) in [5.74, 6) is 1.46. The summed E-state index contributed by atoms with van der Waals surface area (Å²) in [5, 5.41) is 5.95. The molecule has 1 aromatic carbocycles. The van der Waals surface area contributed by atoms with Crippen LogP contribution in [0.15, 0.2) is 30.6 Å². The summed E-state index contributed by atoms with van der Waals surface area (Å²) in [5.41, 5.74) is 0.772. The van der Waals surface area contributed by atoms with Crippen molar-refractivity contribution in [3.63, 3.8) is 0 Å². The molecular formula is C18H24N4O3. The zero-order valence-electron chi connectivity index (χ0n) is 14.8. The molecule has 0 bridgehead atoms. The van der Waals surface area contributed by atoms with E-state index < -0.39 is 0 Å². The lowest BCUT2D eigenvalue weighted by Crippen LogP contribution is -2.15. The van der Waals surface area contributed by atoms with E-state index in [0.717, 1.165) is 13.0 Å². The van der Waals surface area contributed by atoms with Crippen LogP contribution >= 0.6 is 0 Å². The van der Waals surface area contributed by atoms with Crippen LogP contribution in [0.3, 0.4) is 0 Å². The Hall–Kier alpha value is -2.83. The molecule has 1 heterocycles. The van der Waals surface area contributed by atoms with Crippen molar-refractivity contribution in [2.75, 3.05) is 31.4 Å². The van der Waals surface area contributed by atoms with Gasteiger partial charge in [0.25, 0.3) is 5.91 Å². The van der Waals surface area contributed by atoms with E-state index in [0.29, 0.717) is 23.0 Å². The molecular weight excluding hydrogens is 320 g/mol. The lowest BCUT2D eigenvalue weighted by atomic mass is 10.2. The molecule has 0 radical (unpaired) electrons. The van der Waals surface area contributed by atoms with Crippen LogP contribution in [-0.4, -0.2) is 36.6 Å². The molecule has 2 N–H and O–H groups in total. The summed E-state index contributed by atoms with van der Waals surface area (Å²) in [7, 11) is 3.10. The number of carbonyl (C=O) groups is 1. The highest BCUT2D eigenvalue weighted by molar-refractivity contribution is 6.03. The molecule has 134 valence electrons. The van der Waals surface area contributed by atoms with Crippen molar-refractivity contribution in [2.45, 2.75) is 26.2 Å². The van der Waals surface area contributed by atoms with Gasteiger partial charge in [0.15, 0.2) is 0 Å². The molecule has 7 nitrogen and oxygen atoms in total. The number of anilines is 2. The number of ether oxygens (including phenoxy) is 2. The van der Waals surface area contributed by atoms with Crippen LogP contribution < -0.4 is 20.1 Å². The molecule has 0 aliphatic rings. The Kier molecular flexibility index (Phi) is 7.00. The van der Waals surface area contributed by atoms with Gasteiger partial charge in [-0.3, -0.25) is 4.79 Å². The molecule has 0 unspecified atom stereocenters. The summed E-state index contributed by atoms with van der Waals surface area (Å²) in [6.07, 6.45) is 6.43. The van der Waals surface area contributed by atoms with E-state index in [1.165, 1.54) is 26.1 Å². The topological polar surface area (TPSA) is 85.4 Å². The standard InChI is InChI=1S/C18H24N4O3/c1-4-5-6-9-19-17-12-20-15(11-21-17)18(23)22-14-8-7-13(24-2)10-16(14)25-3/h7-8,10-12H,4-6,9H2,1-3H3,(H,19,21)(H,22,23). The van der Waals surface area contributed by atoms with Gasteiger partial charge < -0.3 is 20.1 Å². The third-order valence-corrected chi connectivity index (χ3v) is 3.63. The Labute approximate surface area is 147 Å². The average Bonchev–Trinajstić information content (AvgIpc) is 2.66. The average molecular weight is 344 g/mol. The SMILES string of the molecule is CCCCCNc1cnc(C(=O)Nc2ccc(OC)cc2OC)cn1. The zero-order chi connectivity index (χ0) is 18.1. The Morgan fingerprint density at radius 2 is 1.96 bits per heavy atom. The van der Waals surface area contributed by atoms with Crippen LogP contribution in [0.4, 0.5) is 11.5 Å². The molecule has 0 aliphatic heterocycles. The van der Waals surface area contributed by atoms with Crippen molar-refractivity contribution in [1.82, 2.24) is 9.97 Å². The van der Waals surface area contributed by atoms with Gasteiger partial charge in [-0.2, -0.15) is 0 Å². The second-order valence-electron chi connectivity index (χ2n) is 5.44. The largest absolute Gasteiger partial charge is 0.497 e. The number of rotatable bonds is 9.